The Balaban J connectivity index is 1.16. The molecular formula is C39H34N4O2. The number of nitrogens with one attached hydrogen (secondary N) is 1. The van der Waals surface area contributed by atoms with Crippen LogP contribution in [-0.4, -0.2) is 32.9 Å². The minimum atomic E-state index is -1.12. The van der Waals surface area contributed by atoms with Crippen molar-refractivity contribution in [2.45, 2.75) is 30.8 Å². The van der Waals surface area contributed by atoms with E-state index < -0.39 is 11.1 Å². The Morgan fingerprint density at radius 3 is 1.89 bits per heavy atom. The van der Waals surface area contributed by atoms with Gasteiger partial charge < -0.3 is 9.88 Å². The fraction of sp³-hybridized carbons (Fsp3) is 0.154. The van der Waals surface area contributed by atoms with Gasteiger partial charge in [0.15, 0.2) is 0 Å². The smallest absolute Gasteiger partial charge is 0.319 e. The monoisotopic (exact) mass is 590 g/mol. The lowest BCUT2D eigenvalue weighted by molar-refractivity contribution is -0.131. The highest BCUT2D eigenvalue weighted by molar-refractivity contribution is 6.09. The lowest BCUT2D eigenvalue weighted by Gasteiger charge is -2.37. The van der Waals surface area contributed by atoms with E-state index in [0.29, 0.717) is 19.4 Å². The van der Waals surface area contributed by atoms with Gasteiger partial charge in [0.25, 0.3) is 5.91 Å². The Morgan fingerprint density at radius 1 is 0.711 bits per heavy atom. The molecule has 0 spiro atoms. The van der Waals surface area contributed by atoms with Crippen molar-refractivity contribution in [3.05, 3.63) is 174 Å². The van der Waals surface area contributed by atoms with Crippen LogP contribution >= 0.6 is 0 Å². The van der Waals surface area contributed by atoms with Crippen molar-refractivity contribution in [1.82, 2.24) is 19.8 Å². The molecule has 1 fully saturated rings. The second kappa shape index (κ2) is 11.5. The van der Waals surface area contributed by atoms with Crippen molar-refractivity contribution in [2.75, 3.05) is 6.54 Å². The summed E-state index contributed by atoms with van der Waals surface area (Å²) in [5, 5.41) is 4.98. The van der Waals surface area contributed by atoms with Gasteiger partial charge in [-0.25, -0.2) is 9.78 Å². The lowest BCUT2D eigenvalue weighted by atomic mass is 9.77. The van der Waals surface area contributed by atoms with Crippen molar-refractivity contribution in [3.8, 4) is 0 Å². The van der Waals surface area contributed by atoms with E-state index in [2.05, 4.69) is 88.9 Å². The summed E-state index contributed by atoms with van der Waals surface area (Å²) in [6.45, 7) is 2.10. The fourth-order valence-electron chi connectivity index (χ4n) is 6.82. The van der Waals surface area contributed by atoms with Crippen molar-refractivity contribution in [3.63, 3.8) is 0 Å². The zero-order valence-electron chi connectivity index (χ0n) is 25.1. The van der Waals surface area contributed by atoms with E-state index in [1.165, 1.54) is 4.90 Å². The van der Waals surface area contributed by atoms with Gasteiger partial charge in [0, 0.05) is 12.7 Å². The van der Waals surface area contributed by atoms with Crippen LogP contribution < -0.4 is 5.32 Å². The van der Waals surface area contributed by atoms with Crippen molar-refractivity contribution in [2.24, 2.45) is 0 Å². The first-order chi connectivity index (χ1) is 22.0. The molecule has 1 N–H and O–H groups in total. The number of nitrogens with zero attached hydrogens (tertiary/aromatic N) is 3. The molecule has 5 aromatic carbocycles. The number of carbonyl (C=O) groups excluding carboxylic acids is 2. The Bertz CT molecular complexity index is 1870. The Kier molecular flexibility index (Phi) is 7.26. The molecular weight excluding hydrogens is 556 g/mol. The standard InChI is InChI=1S/C39H34N4O2/c1-38(35-25-13-16-29-15-11-12-24-34(29)35)36(44)43(37(45)41-38)26-14-23-33-27-42(28-40-33)39(30-17-5-2-6-18-30,31-19-7-3-8-20-31)32-21-9-4-10-22-32/h2-13,15-22,24-25,27-28H,14,23,26H2,1H3,(H,41,45). The second-order valence-electron chi connectivity index (χ2n) is 11.7. The lowest BCUT2D eigenvalue weighted by Crippen LogP contribution is -2.41. The third kappa shape index (κ3) is 4.79. The molecule has 0 saturated carbocycles. The maximum Gasteiger partial charge on any atom is 0.325 e. The van der Waals surface area contributed by atoms with Crippen LogP contribution in [0, 0.1) is 0 Å². The average Bonchev–Trinajstić information content (AvgIpc) is 3.65. The normalized spacial score (nSPS) is 16.7. The topological polar surface area (TPSA) is 67.2 Å². The third-order valence-corrected chi connectivity index (χ3v) is 9.02. The van der Waals surface area contributed by atoms with Crippen LogP contribution in [0.25, 0.3) is 10.8 Å². The second-order valence-corrected chi connectivity index (χ2v) is 11.7. The van der Waals surface area contributed by atoms with Crippen LogP contribution in [0.1, 0.15) is 41.3 Å². The van der Waals surface area contributed by atoms with Crippen LogP contribution in [0.2, 0.25) is 0 Å². The molecule has 2 heterocycles. The number of imidazole rings is 1. The van der Waals surface area contributed by atoms with Gasteiger partial charge in [0.05, 0.1) is 12.0 Å². The molecule has 0 bridgehead atoms. The van der Waals surface area contributed by atoms with Gasteiger partial charge in [-0.3, -0.25) is 9.69 Å². The summed E-state index contributed by atoms with van der Waals surface area (Å²) in [7, 11) is 0. The van der Waals surface area contributed by atoms with E-state index in [4.69, 9.17) is 4.98 Å². The summed E-state index contributed by atoms with van der Waals surface area (Å²) in [4.78, 5) is 33.1. The number of urea groups is 1. The molecule has 6 heteroatoms. The molecule has 1 saturated heterocycles. The predicted molar refractivity (Wildman–Crippen MR) is 177 cm³/mol. The van der Waals surface area contributed by atoms with Crippen molar-refractivity contribution < 1.29 is 9.59 Å². The predicted octanol–water partition coefficient (Wildman–Crippen LogP) is 7.28. The number of aromatic nitrogens is 2. The highest BCUT2D eigenvalue weighted by Gasteiger charge is 2.49. The van der Waals surface area contributed by atoms with Gasteiger partial charge in [-0.15, -0.1) is 0 Å². The third-order valence-electron chi connectivity index (χ3n) is 9.02. The summed E-state index contributed by atoms with van der Waals surface area (Å²) >= 11 is 0. The number of aryl methyl sites for hydroxylation is 1. The van der Waals surface area contributed by atoms with E-state index in [-0.39, 0.29) is 11.9 Å². The van der Waals surface area contributed by atoms with Crippen LogP contribution in [0.15, 0.2) is 146 Å². The number of imide groups is 1. The first-order valence-electron chi connectivity index (χ1n) is 15.3. The molecule has 0 radical (unpaired) electrons. The Labute approximate surface area is 263 Å². The van der Waals surface area contributed by atoms with Crippen LogP contribution in [0.4, 0.5) is 4.79 Å². The quantitative estimate of drug-likeness (QED) is 0.142. The molecule has 45 heavy (non-hydrogen) atoms. The first-order valence-corrected chi connectivity index (χ1v) is 15.3. The molecule has 1 aliphatic heterocycles. The highest BCUT2D eigenvalue weighted by Crippen LogP contribution is 2.41. The molecule has 7 rings (SSSR count). The minimum Gasteiger partial charge on any atom is -0.319 e. The number of benzene rings is 5. The maximum absolute atomic E-state index is 13.8. The molecule has 3 amide bonds. The van der Waals surface area contributed by atoms with Gasteiger partial charge in [-0.1, -0.05) is 133 Å². The summed E-state index contributed by atoms with van der Waals surface area (Å²) in [6.07, 6.45) is 5.20. The average molecular weight is 591 g/mol. The SMILES string of the molecule is CC1(c2cccc3ccccc23)NC(=O)N(CCCc2cn(C(c3ccccc3)(c3ccccc3)c3ccccc3)cn2)C1=O. The number of amides is 3. The van der Waals surface area contributed by atoms with E-state index in [1.54, 1.807) is 6.92 Å². The minimum absolute atomic E-state index is 0.231. The molecule has 6 aromatic rings. The number of fused-ring (bicyclic) bond motifs is 1. The Morgan fingerprint density at radius 2 is 1.27 bits per heavy atom. The van der Waals surface area contributed by atoms with Gasteiger partial charge in [0.1, 0.15) is 11.1 Å². The van der Waals surface area contributed by atoms with Gasteiger partial charge in [0.2, 0.25) is 0 Å². The number of hydrogen-bond donors (Lipinski definition) is 1. The Hall–Kier alpha value is -5.49. The maximum atomic E-state index is 13.8. The van der Waals surface area contributed by atoms with Crippen molar-refractivity contribution >= 4 is 22.7 Å². The van der Waals surface area contributed by atoms with Gasteiger partial charge in [-0.05, 0) is 52.8 Å². The van der Waals surface area contributed by atoms with Gasteiger partial charge >= 0.3 is 6.03 Å². The van der Waals surface area contributed by atoms with Crippen molar-refractivity contribution in [1.29, 1.82) is 0 Å². The summed E-state index contributed by atoms with van der Waals surface area (Å²) < 4.78 is 2.19. The number of rotatable bonds is 9. The first kappa shape index (κ1) is 28.3. The molecule has 1 unspecified atom stereocenters. The molecule has 1 atom stereocenters. The number of carbonyl (C=O) groups is 2. The summed E-state index contributed by atoms with van der Waals surface area (Å²) in [5.74, 6) is -0.231. The molecule has 1 aliphatic rings. The summed E-state index contributed by atoms with van der Waals surface area (Å²) in [6, 6.07) is 44.9. The molecule has 1 aromatic heterocycles. The molecule has 6 nitrogen and oxygen atoms in total. The van der Waals surface area contributed by atoms with E-state index in [1.807, 2.05) is 67.0 Å². The van der Waals surface area contributed by atoms with E-state index in [0.717, 1.165) is 38.7 Å². The van der Waals surface area contributed by atoms with Crippen LogP contribution in [0.3, 0.4) is 0 Å². The largest absolute Gasteiger partial charge is 0.325 e. The fourth-order valence-corrected chi connectivity index (χ4v) is 6.82. The van der Waals surface area contributed by atoms with Crippen LogP contribution in [0.5, 0.6) is 0 Å². The summed E-state index contributed by atoms with van der Waals surface area (Å²) in [5.41, 5.74) is 3.31. The van der Waals surface area contributed by atoms with Gasteiger partial charge in [-0.2, -0.15) is 0 Å². The zero-order valence-corrected chi connectivity index (χ0v) is 25.1. The van der Waals surface area contributed by atoms with E-state index >= 15 is 0 Å². The highest BCUT2D eigenvalue weighted by atomic mass is 16.2. The number of hydrogen-bond acceptors (Lipinski definition) is 3. The zero-order chi connectivity index (χ0) is 30.9. The van der Waals surface area contributed by atoms with Crippen LogP contribution in [-0.2, 0) is 22.3 Å². The molecule has 0 aliphatic carbocycles. The molecule has 222 valence electrons. The van der Waals surface area contributed by atoms with E-state index in [9.17, 15) is 9.59 Å².